The second-order valence-corrected chi connectivity index (χ2v) is 5.89. The number of aliphatic hydroxyl groups excluding tert-OH is 1. The van der Waals surface area contributed by atoms with Gasteiger partial charge in [-0.15, -0.1) is 0 Å². The average Bonchev–Trinajstić information content (AvgIpc) is 2.19. The Morgan fingerprint density at radius 1 is 1.00 bits per heavy atom. The molecule has 0 aromatic carbocycles. The molecule has 0 fully saturated rings. The van der Waals surface area contributed by atoms with Gasteiger partial charge in [0.2, 0.25) is 0 Å². The molecule has 0 spiro atoms. The standard InChI is InChI=1S/C14H30O4/c1-12(2)10-13(18-14(3,4)5)11-17-9-8-16-7-6-15/h12-13,15H,6-11H2,1-5H3. The van der Waals surface area contributed by atoms with Gasteiger partial charge >= 0.3 is 0 Å². The minimum atomic E-state index is -0.143. The Bertz CT molecular complexity index is 187. The molecule has 110 valence electrons. The zero-order valence-electron chi connectivity index (χ0n) is 12.6. The third-order valence-corrected chi connectivity index (χ3v) is 2.17. The van der Waals surface area contributed by atoms with Gasteiger partial charge in [-0.05, 0) is 33.1 Å². The molecule has 0 aliphatic carbocycles. The maximum Gasteiger partial charge on any atom is 0.0818 e. The monoisotopic (exact) mass is 262 g/mol. The second kappa shape index (κ2) is 9.73. The van der Waals surface area contributed by atoms with Gasteiger partial charge < -0.3 is 19.3 Å². The summed E-state index contributed by atoms with van der Waals surface area (Å²) in [6.45, 7) is 12.6. The Balaban J connectivity index is 3.80. The molecular weight excluding hydrogens is 232 g/mol. The fourth-order valence-corrected chi connectivity index (χ4v) is 1.68. The highest BCUT2D eigenvalue weighted by atomic mass is 16.6. The predicted octanol–water partition coefficient (Wildman–Crippen LogP) is 2.24. The summed E-state index contributed by atoms with van der Waals surface area (Å²) in [5.41, 5.74) is -0.143. The average molecular weight is 262 g/mol. The highest BCUT2D eigenvalue weighted by Crippen LogP contribution is 2.17. The first kappa shape index (κ1) is 17.8. The number of hydrogen-bond acceptors (Lipinski definition) is 4. The Labute approximate surface area is 112 Å². The van der Waals surface area contributed by atoms with Crippen molar-refractivity contribution < 1.29 is 19.3 Å². The van der Waals surface area contributed by atoms with Crippen LogP contribution in [0.25, 0.3) is 0 Å². The fourth-order valence-electron chi connectivity index (χ4n) is 1.68. The molecule has 4 nitrogen and oxygen atoms in total. The fraction of sp³-hybridized carbons (Fsp3) is 1.00. The molecule has 0 aliphatic rings. The summed E-state index contributed by atoms with van der Waals surface area (Å²) < 4.78 is 16.7. The first-order valence-electron chi connectivity index (χ1n) is 6.79. The van der Waals surface area contributed by atoms with E-state index in [4.69, 9.17) is 19.3 Å². The Kier molecular flexibility index (Phi) is 9.64. The number of aliphatic hydroxyl groups is 1. The smallest absolute Gasteiger partial charge is 0.0818 e. The molecule has 0 aliphatic heterocycles. The molecule has 0 amide bonds. The van der Waals surface area contributed by atoms with Gasteiger partial charge in [-0.3, -0.25) is 0 Å². The van der Waals surface area contributed by atoms with E-state index in [-0.39, 0.29) is 18.3 Å². The summed E-state index contributed by atoms with van der Waals surface area (Å²) >= 11 is 0. The minimum Gasteiger partial charge on any atom is -0.394 e. The van der Waals surface area contributed by atoms with E-state index in [0.29, 0.717) is 32.3 Å². The first-order valence-corrected chi connectivity index (χ1v) is 6.79. The molecule has 0 aromatic rings. The van der Waals surface area contributed by atoms with Gasteiger partial charge in [0.15, 0.2) is 0 Å². The van der Waals surface area contributed by atoms with Crippen LogP contribution in [0.5, 0.6) is 0 Å². The van der Waals surface area contributed by atoms with Crippen LogP contribution >= 0.6 is 0 Å². The van der Waals surface area contributed by atoms with Gasteiger partial charge in [-0.1, -0.05) is 13.8 Å². The van der Waals surface area contributed by atoms with Crippen LogP contribution in [-0.2, 0) is 14.2 Å². The second-order valence-electron chi connectivity index (χ2n) is 5.89. The molecular formula is C14H30O4. The van der Waals surface area contributed by atoms with Crippen molar-refractivity contribution in [2.24, 2.45) is 5.92 Å². The summed E-state index contributed by atoms with van der Waals surface area (Å²) in [5, 5.41) is 8.55. The molecule has 18 heavy (non-hydrogen) atoms. The lowest BCUT2D eigenvalue weighted by molar-refractivity contribution is -0.103. The van der Waals surface area contributed by atoms with Crippen LogP contribution in [-0.4, -0.2) is 49.8 Å². The Hall–Kier alpha value is -0.160. The maximum atomic E-state index is 8.55. The lowest BCUT2D eigenvalue weighted by Gasteiger charge is -2.28. The number of rotatable bonds is 10. The van der Waals surface area contributed by atoms with E-state index in [1.807, 2.05) is 0 Å². The highest BCUT2D eigenvalue weighted by molar-refractivity contribution is 4.67. The SMILES string of the molecule is CC(C)CC(COCCOCCO)OC(C)(C)C. The Morgan fingerprint density at radius 3 is 2.11 bits per heavy atom. The minimum absolute atomic E-state index is 0.0586. The van der Waals surface area contributed by atoms with E-state index in [0.717, 1.165) is 6.42 Å². The summed E-state index contributed by atoms with van der Waals surface area (Å²) in [6, 6.07) is 0. The van der Waals surface area contributed by atoms with Gasteiger partial charge in [-0.25, -0.2) is 0 Å². The zero-order chi connectivity index (χ0) is 14.0. The van der Waals surface area contributed by atoms with Crippen molar-refractivity contribution in [2.45, 2.75) is 52.7 Å². The number of ether oxygens (including phenoxy) is 3. The molecule has 0 saturated heterocycles. The van der Waals surface area contributed by atoms with Gasteiger partial charge in [0.1, 0.15) is 0 Å². The highest BCUT2D eigenvalue weighted by Gasteiger charge is 2.19. The van der Waals surface area contributed by atoms with Crippen LogP contribution in [0.1, 0.15) is 41.0 Å². The molecule has 0 saturated carbocycles. The first-order chi connectivity index (χ1) is 8.35. The van der Waals surface area contributed by atoms with E-state index in [1.54, 1.807) is 0 Å². The van der Waals surface area contributed by atoms with Crippen LogP contribution in [0, 0.1) is 5.92 Å². The van der Waals surface area contributed by atoms with Gasteiger partial charge in [0, 0.05) is 0 Å². The van der Waals surface area contributed by atoms with Crippen LogP contribution < -0.4 is 0 Å². The van der Waals surface area contributed by atoms with E-state index in [2.05, 4.69) is 34.6 Å². The van der Waals surface area contributed by atoms with Crippen molar-refractivity contribution in [1.29, 1.82) is 0 Å². The molecule has 0 heterocycles. The largest absolute Gasteiger partial charge is 0.394 e. The summed E-state index contributed by atoms with van der Waals surface area (Å²) in [4.78, 5) is 0. The normalized spacial score (nSPS) is 14.2. The van der Waals surface area contributed by atoms with E-state index in [1.165, 1.54) is 0 Å². The predicted molar refractivity (Wildman–Crippen MR) is 72.8 cm³/mol. The lowest BCUT2D eigenvalue weighted by atomic mass is 10.1. The van der Waals surface area contributed by atoms with Crippen LogP contribution in [0.2, 0.25) is 0 Å². The van der Waals surface area contributed by atoms with Crippen molar-refractivity contribution in [2.75, 3.05) is 33.0 Å². The quantitative estimate of drug-likeness (QED) is 0.613. The summed E-state index contributed by atoms with van der Waals surface area (Å²) in [7, 11) is 0. The van der Waals surface area contributed by atoms with Crippen molar-refractivity contribution in [3.63, 3.8) is 0 Å². The topological polar surface area (TPSA) is 47.9 Å². The van der Waals surface area contributed by atoms with Crippen LogP contribution in [0.4, 0.5) is 0 Å². The third-order valence-electron chi connectivity index (χ3n) is 2.17. The zero-order valence-corrected chi connectivity index (χ0v) is 12.6. The molecule has 1 unspecified atom stereocenters. The molecule has 0 radical (unpaired) electrons. The molecule has 0 aromatic heterocycles. The van der Waals surface area contributed by atoms with Crippen molar-refractivity contribution >= 4 is 0 Å². The van der Waals surface area contributed by atoms with Crippen LogP contribution in [0.15, 0.2) is 0 Å². The summed E-state index contributed by atoms with van der Waals surface area (Å²) in [5.74, 6) is 0.589. The number of hydrogen-bond donors (Lipinski definition) is 1. The maximum absolute atomic E-state index is 8.55. The lowest BCUT2D eigenvalue weighted by Crippen LogP contribution is -2.32. The van der Waals surface area contributed by atoms with Gasteiger partial charge in [0.25, 0.3) is 0 Å². The molecule has 4 heteroatoms. The molecule has 1 atom stereocenters. The van der Waals surface area contributed by atoms with Gasteiger partial charge in [-0.2, -0.15) is 0 Å². The van der Waals surface area contributed by atoms with Crippen molar-refractivity contribution in [3.05, 3.63) is 0 Å². The van der Waals surface area contributed by atoms with Crippen molar-refractivity contribution in [3.8, 4) is 0 Å². The molecule has 0 bridgehead atoms. The molecule has 1 N–H and O–H groups in total. The van der Waals surface area contributed by atoms with Crippen LogP contribution in [0.3, 0.4) is 0 Å². The van der Waals surface area contributed by atoms with E-state index >= 15 is 0 Å². The third kappa shape index (κ3) is 12.3. The van der Waals surface area contributed by atoms with E-state index in [9.17, 15) is 0 Å². The van der Waals surface area contributed by atoms with Gasteiger partial charge in [0.05, 0.1) is 44.7 Å². The Morgan fingerprint density at radius 2 is 1.61 bits per heavy atom. The van der Waals surface area contributed by atoms with E-state index < -0.39 is 0 Å². The van der Waals surface area contributed by atoms with Crippen molar-refractivity contribution in [1.82, 2.24) is 0 Å². The summed E-state index contributed by atoms with van der Waals surface area (Å²) in [6.07, 6.45) is 1.12. The molecule has 0 rings (SSSR count).